The van der Waals surface area contributed by atoms with E-state index >= 15 is 0 Å². The van der Waals surface area contributed by atoms with E-state index in [1.165, 1.54) is 0 Å². The molecule has 0 saturated heterocycles. The van der Waals surface area contributed by atoms with Gasteiger partial charge in [0, 0.05) is 0 Å². The van der Waals surface area contributed by atoms with Gasteiger partial charge in [0.2, 0.25) is 0 Å². The highest BCUT2D eigenvalue weighted by Crippen LogP contribution is 2.78. The summed E-state index contributed by atoms with van der Waals surface area (Å²) in [7, 11) is -3.14. The lowest BCUT2D eigenvalue weighted by Crippen LogP contribution is -2.08. The molecule has 1 aliphatic heterocycles. The quantitative estimate of drug-likeness (QED) is 0.418. The van der Waals surface area contributed by atoms with Crippen molar-refractivity contribution in [3.8, 4) is 0 Å². The molecular weight excluding hydrogens is 389 g/mol. The molecule has 0 spiro atoms. The standard InChI is InChI=1S/C2H3Cl6N3OP2S/c3-2(4)1-15(12)10-13(5,6)9-14(7,8)11-15/h2H,1H2. The zero-order valence-corrected chi connectivity index (χ0v) is 13.7. The Balaban J connectivity index is 3.37. The maximum Gasteiger partial charge on any atom is 0.264 e. The molecule has 0 radical (unpaired) electrons. The van der Waals surface area contributed by atoms with Crippen LogP contribution in [0.2, 0.25) is 0 Å². The lowest BCUT2D eigenvalue weighted by atomic mass is 10.9. The molecule has 0 aromatic rings. The topological polar surface area (TPSA) is 54.1 Å². The summed E-state index contributed by atoms with van der Waals surface area (Å²) >= 11 is 33.8. The first-order valence-corrected chi connectivity index (χ1v) is 12.7. The van der Waals surface area contributed by atoms with Gasteiger partial charge in [-0.1, -0.05) is 0 Å². The van der Waals surface area contributed by atoms with Crippen molar-refractivity contribution in [2.45, 2.75) is 4.84 Å². The Morgan fingerprint density at radius 3 is 2.07 bits per heavy atom. The zero-order valence-electron chi connectivity index (χ0n) is 6.60. The first kappa shape index (κ1) is 15.2. The van der Waals surface area contributed by atoms with Crippen molar-refractivity contribution in [2.24, 2.45) is 12.8 Å². The number of hydrogen-bond acceptors (Lipinski definition) is 3. The van der Waals surface area contributed by atoms with Crippen LogP contribution < -0.4 is 0 Å². The lowest BCUT2D eigenvalue weighted by molar-refractivity contribution is 0.679. The van der Waals surface area contributed by atoms with Gasteiger partial charge in [-0.3, -0.25) is 0 Å². The highest BCUT2D eigenvalue weighted by atomic mass is 35.9. The molecule has 0 aromatic carbocycles. The molecule has 0 saturated carbocycles. The van der Waals surface area contributed by atoms with Crippen molar-refractivity contribution in [3.63, 3.8) is 0 Å². The average molecular weight is 392 g/mol. The van der Waals surface area contributed by atoms with E-state index in [-0.39, 0.29) is 5.75 Å². The molecule has 1 atom stereocenters. The number of alkyl halides is 2. The summed E-state index contributed by atoms with van der Waals surface area (Å²) in [4.78, 5) is -0.926. The normalized spacial score (nSPS) is 32.7. The molecule has 0 bridgehead atoms. The molecule has 1 aliphatic rings. The summed E-state index contributed by atoms with van der Waals surface area (Å²) in [5.41, 5.74) is 0. The fourth-order valence-electron chi connectivity index (χ4n) is 0.716. The van der Waals surface area contributed by atoms with Gasteiger partial charge < -0.3 is 0 Å². The van der Waals surface area contributed by atoms with Gasteiger partial charge in [-0.2, -0.15) is 4.52 Å². The van der Waals surface area contributed by atoms with Gasteiger partial charge in [0.1, 0.15) is 4.84 Å². The van der Waals surface area contributed by atoms with Crippen LogP contribution in [0.5, 0.6) is 0 Å². The highest BCUT2D eigenvalue weighted by molar-refractivity contribution is 8.23. The lowest BCUT2D eigenvalue weighted by Gasteiger charge is -2.16. The summed E-state index contributed by atoms with van der Waals surface area (Å²) in [6, 6.07) is 0. The van der Waals surface area contributed by atoms with Crippen molar-refractivity contribution in [1.82, 2.24) is 0 Å². The summed E-state index contributed by atoms with van der Waals surface area (Å²) in [6.07, 6.45) is 0. The molecule has 1 unspecified atom stereocenters. The van der Waals surface area contributed by atoms with Crippen LogP contribution in [0.15, 0.2) is 12.8 Å². The second-order valence-electron chi connectivity index (χ2n) is 2.33. The minimum Gasteiger partial charge on any atom is -0.226 e. The molecule has 13 heteroatoms. The molecular formula is C2H3Cl6N3OP2S. The zero-order chi connectivity index (χ0) is 11.9. The third-order valence-electron chi connectivity index (χ3n) is 1.01. The minimum atomic E-state index is -3.14. The van der Waals surface area contributed by atoms with Crippen molar-refractivity contribution >= 4 is 89.9 Å². The van der Waals surface area contributed by atoms with Gasteiger partial charge in [0.25, 0.3) is 11.8 Å². The Kier molecular flexibility index (Phi) is 5.10. The van der Waals surface area contributed by atoms with Gasteiger partial charge in [-0.05, 0) is 45.0 Å². The van der Waals surface area contributed by atoms with E-state index in [0.717, 1.165) is 0 Å². The predicted octanol–water partition coefficient (Wildman–Crippen LogP) is 6.03. The second-order valence-corrected chi connectivity index (χ2v) is 15.7. The van der Waals surface area contributed by atoms with Crippen LogP contribution >= 0.6 is 80.0 Å². The van der Waals surface area contributed by atoms with E-state index in [2.05, 4.69) is 12.8 Å². The van der Waals surface area contributed by atoms with Crippen LogP contribution in [0, 0.1) is 0 Å². The van der Waals surface area contributed by atoms with E-state index < -0.39 is 26.6 Å². The number of rotatable bonds is 2. The fourth-order valence-corrected chi connectivity index (χ4v) is 15.6. The van der Waals surface area contributed by atoms with Crippen LogP contribution in [0.1, 0.15) is 0 Å². The van der Waals surface area contributed by atoms with Gasteiger partial charge in [-0.15, -0.1) is 31.5 Å². The highest BCUT2D eigenvalue weighted by Gasteiger charge is 2.30. The van der Waals surface area contributed by atoms with Crippen LogP contribution in [0.3, 0.4) is 0 Å². The van der Waals surface area contributed by atoms with Crippen LogP contribution in [0.25, 0.3) is 0 Å². The average Bonchev–Trinajstić information content (AvgIpc) is 1.70. The largest absolute Gasteiger partial charge is 0.264 e. The Hall–Kier alpha value is 2.15. The predicted molar refractivity (Wildman–Crippen MR) is 73.0 cm³/mol. The molecule has 4 nitrogen and oxygen atoms in total. The molecule has 0 aromatic heterocycles. The van der Waals surface area contributed by atoms with E-state index in [1.54, 1.807) is 0 Å². The molecule has 0 aliphatic carbocycles. The monoisotopic (exact) mass is 389 g/mol. The second kappa shape index (κ2) is 5.03. The maximum atomic E-state index is 12.0. The Labute approximate surface area is 117 Å². The third-order valence-corrected chi connectivity index (χ3v) is 12.4. The SMILES string of the molecule is O=S1(CC(Cl)Cl)=NP(Cl)(Cl)=NP(Cl)(Cl)=N1. The molecule has 90 valence electrons. The van der Waals surface area contributed by atoms with Crippen LogP contribution in [-0.4, -0.2) is 14.8 Å². The smallest absolute Gasteiger partial charge is 0.226 e. The van der Waals surface area contributed by atoms with Gasteiger partial charge >= 0.3 is 0 Å². The van der Waals surface area contributed by atoms with E-state index in [0.29, 0.717) is 0 Å². The first-order chi connectivity index (χ1) is 6.54. The Morgan fingerprint density at radius 2 is 1.67 bits per heavy atom. The van der Waals surface area contributed by atoms with Crippen molar-refractivity contribution < 1.29 is 4.21 Å². The van der Waals surface area contributed by atoms with Crippen LogP contribution in [0.4, 0.5) is 0 Å². The van der Waals surface area contributed by atoms with E-state index in [4.69, 9.17) is 68.2 Å². The van der Waals surface area contributed by atoms with Gasteiger partial charge in [-0.25, -0.2) is 4.21 Å². The van der Waals surface area contributed by atoms with Crippen molar-refractivity contribution in [1.29, 1.82) is 0 Å². The van der Waals surface area contributed by atoms with Gasteiger partial charge in [0.05, 0.1) is 5.75 Å². The molecule has 15 heavy (non-hydrogen) atoms. The first-order valence-electron chi connectivity index (χ1n) is 3.14. The van der Waals surface area contributed by atoms with Crippen molar-refractivity contribution in [3.05, 3.63) is 0 Å². The molecule has 0 N–H and O–H groups in total. The maximum absolute atomic E-state index is 12.0. The van der Waals surface area contributed by atoms with E-state index in [1.807, 2.05) is 0 Å². The Bertz CT molecular complexity index is 473. The minimum absolute atomic E-state index is 0.228. The Morgan fingerprint density at radius 1 is 1.13 bits per heavy atom. The summed E-state index contributed by atoms with van der Waals surface area (Å²) < 4.78 is 22.9. The molecule has 1 heterocycles. The number of hydrogen-bond donors (Lipinski definition) is 0. The van der Waals surface area contributed by atoms with Gasteiger partial charge in [0.15, 0.2) is 9.92 Å². The summed E-state index contributed by atoms with van der Waals surface area (Å²) in [5, 5.41) is 0. The molecule has 0 fully saturated rings. The van der Waals surface area contributed by atoms with Crippen molar-refractivity contribution in [2.75, 3.05) is 5.75 Å². The summed E-state index contributed by atoms with van der Waals surface area (Å²) in [6.45, 7) is 0. The fraction of sp³-hybridized carbons (Fsp3) is 1.00. The summed E-state index contributed by atoms with van der Waals surface area (Å²) in [5.74, 6) is -6.51. The number of nitrogens with zero attached hydrogens (tertiary/aromatic N) is 3. The number of halogens is 6. The molecule has 0 amide bonds. The van der Waals surface area contributed by atoms with E-state index in [9.17, 15) is 4.21 Å². The molecule has 1 rings (SSSR count). The third kappa shape index (κ3) is 5.11. The van der Waals surface area contributed by atoms with Crippen LogP contribution in [-0.2, 0) is 9.92 Å².